The third-order valence-corrected chi connectivity index (χ3v) is 2.56. The molecule has 0 radical (unpaired) electrons. The van der Waals surface area contributed by atoms with Crippen LogP contribution in [0, 0.1) is 10.1 Å². The van der Waals surface area contributed by atoms with Gasteiger partial charge in [-0.15, -0.1) is 0 Å². The number of halogens is 1. The molecule has 1 rings (SSSR count). The maximum atomic E-state index is 11.3. The molecule has 0 saturated heterocycles. The largest absolute Gasteiger partial charge is 0.461 e. The summed E-state index contributed by atoms with van der Waals surface area (Å²) in [5.41, 5.74) is 2.62. The van der Waals surface area contributed by atoms with Gasteiger partial charge in [-0.1, -0.05) is 15.9 Å². The summed E-state index contributed by atoms with van der Waals surface area (Å²) in [5.74, 6) is -0.574. The molecule has 8 heteroatoms. The van der Waals surface area contributed by atoms with Crippen LogP contribution in [-0.2, 0) is 9.53 Å². The second-order valence-corrected chi connectivity index (χ2v) is 4.36. The van der Waals surface area contributed by atoms with Crippen LogP contribution in [0.4, 0.5) is 11.4 Å². The van der Waals surface area contributed by atoms with Crippen LogP contribution < -0.4 is 5.43 Å². The molecule has 1 aromatic rings. The Morgan fingerprint density at radius 2 is 2.26 bits per heavy atom. The molecule has 0 aromatic heterocycles. The number of anilines is 1. The highest BCUT2D eigenvalue weighted by Gasteiger charge is 2.14. The molecule has 0 aliphatic rings. The van der Waals surface area contributed by atoms with Gasteiger partial charge in [0.2, 0.25) is 0 Å². The van der Waals surface area contributed by atoms with Gasteiger partial charge in [0.25, 0.3) is 5.69 Å². The predicted octanol–water partition coefficient (Wildman–Crippen LogP) is 2.71. The number of hydrogen-bond donors (Lipinski definition) is 1. The van der Waals surface area contributed by atoms with Crippen molar-refractivity contribution in [2.75, 3.05) is 12.0 Å². The summed E-state index contributed by atoms with van der Waals surface area (Å²) in [4.78, 5) is 21.6. The zero-order valence-corrected chi connectivity index (χ0v) is 11.9. The van der Waals surface area contributed by atoms with Crippen molar-refractivity contribution >= 4 is 39.0 Å². The van der Waals surface area contributed by atoms with Gasteiger partial charge in [0.05, 0.1) is 11.5 Å². The number of benzene rings is 1. The molecule has 7 nitrogen and oxygen atoms in total. The molecule has 0 amide bonds. The van der Waals surface area contributed by atoms with Crippen molar-refractivity contribution in [3.8, 4) is 0 Å². The molecule has 1 aromatic carbocycles. The van der Waals surface area contributed by atoms with Crippen LogP contribution in [0.5, 0.6) is 0 Å². The van der Waals surface area contributed by atoms with E-state index in [9.17, 15) is 14.9 Å². The second-order valence-electron chi connectivity index (χ2n) is 3.45. The SMILES string of the molecule is CCOC(=O)/C(C)=N/Nc1ccc(Br)cc1[N+](=O)[O-]. The number of hydrazone groups is 1. The van der Waals surface area contributed by atoms with Gasteiger partial charge >= 0.3 is 5.97 Å². The van der Waals surface area contributed by atoms with Crippen LogP contribution in [0.15, 0.2) is 27.8 Å². The number of nitro benzene ring substituents is 1. The van der Waals surface area contributed by atoms with E-state index in [0.29, 0.717) is 4.47 Å². The second kappa shape index (κ2) is 6.83. The van der Waals surface area contributed by atoms with Gasteiger partial charge in [0.15, 0.2) is 0 Å². The number of nitrogens with zero attached hydrogens (tertiary/aromatic N) is 2. The van der Waals surface area contributed by atoms with Crippen LogP contribution in [0.2, 0.25) is 0 Å². The molecule has 0 atom stereocenters. The molecular weight excluding hydrogens is 318 g/mol. The molecular formula is C11H12BrN3O4. The first-order valence-electron chi connectivity index (χ1n) is 5.37. The highest BCUT2D eigenvalue weighted by atomic mass is 79.9. The number of carbonyl (C=O) groups excluding carboxylic acids is 1. The van der Waals surface area contributed by atoms with Crippen LogP contribution >= 0.6 is 15.9 Å². The Hall–Kier alpha value is -1.96. The van der Waals surface area contributed by atoms with Gasteiger partial charge in [0, 0.05) is 10.5 Å². The summed E-state index contributed by atoms with van der Waals surface area (Å²) >= 11 is 3.15. The van der Waals surface area contributed by atoms with Crippen LogP contribution in [-0.4, -0.2) is 23.2 Å². The average Bonchev–Trinajstić information content (AvgIpc) is 2.36. The number of rotatable bonds is 5. The monoisotopic (exact) mass is 329 g/mol. The zero-order valence-electron chi connectivity index (χ0n) is 10.3. The fourth-order valence-electron chi connectivity index (χ4n) is 1.18. The number of nitrogens with one attached hydrogen (secondary N) is 1. The van der Waals surface area contributed by atoms with E-state index in [1.54, 1.807) is 13.0 Å². The minimum absolute atomic E-state index is 0.0825. The molecule has 0 heterocycles. The minimum Gasteiger partial charge on any atom is -0.461 e. The summed E-state index contributed by atoms with van der Waals surface area (Å²) in [5, 5.41) is 14.6. The minimum atomic E-state index is -0.574. The fourth-order valence-corrected chi connectivity index (χ4v) is 1.52. The Morgan fingerprint density at radius 3 is 2.84 bits per heavy atom. The van der Waals surface area contributed by atoms with E-state index < -0.39 is 10.9 Å². The van der Waals surface area contributed by atoms with Crippen molar-refractivity contribution in [1.29, 1.82) is 0 Å². The van der Waals surface area contributed by atoms with Crippen molar-refractivity contribution in [3.05, 3.63) is 32.8 Å². The summed E-state index contributed by atoms with van der Waals surface area (Å²) in [7, 11) is 0. The molecule has 0 aliphatic carbocycles. The fraction of sp³-hybridized carbons (Fsp3) is 0.273. The molecule has 102 valence electrons. The van der Waals surface area contributed by atoms with Crippen molar-refractivity contribution < 1.29 is 14.5 Å². The lowest BCUT2D eigenvalue weighted by Crippen LogP contribution is -2.15. The van der Waals surface area contributed by atoms with Crippen molar-refractivity contribution in [1.82, 2.24) is 0 Å². The zero-order chi connectivity index (χ0) is 14.4. The van der Waals surface area contributed by atoms with Gasteiger partial charge in [0.1, 0.15) is 11.4 Å². The summed E-state index contributed by atoms with van der Waals surface area (Å²) in [6.07, 6.45) is 0. The lowest BCUT2D eigenvalue weighted by atomic mass is 10.3. The van der Waals surface area contributed by atoms with E-state index >= 15 is 0 Å². The van der Waals surface area contributed by atoms with E-state index in [1.807, 2.05) is 0 Å². The normalized spacial score (nSPS) is 11.0. The van der Waals surface area contributed by atoms with Gasteiger partial charge in [-0.2, -0.15) is 5.10 Å². The first-order chi connectivity index (χ1) is 8.95. The van der Waals surface area contributed by atoms with E-state index in [4.69, 9.17) is 4.74 Å². The first kappa shape index (κ1) is 15.1. The van der Waals surface area contributed by atoms with Crippen LogP contribution in [0.3, 0.4) is 0 Å². The summed E-state index contributed by atoms with van der Waals surface area (Å²) < 4.78 is 5.32. The Balaban J connectivity index is 2.91. The van der Waals surface area contributed by atoms with Gasteiger partial charge in [-0.3, -0.25) is 15.5 Å². The van der Waals surface area contributed by atoms with Gasteiger partial charge < -0.3 is 4.74 Å². The molecule has 0 aliphatic heterocycles. The van der Waals surface area contributed by atoms with Gasteiger partial charge in [-0.05, 0) is 26.0 Å². The maximum Gasteiger partial charge on any atom is 0.354 e. The van der Waals surface area contributed by atoms with Crippen molar-refractivity contribution in [3.63, 3.8) is 0 Å². The third-order valence-electron chi connectivity index (χ3n) is 2.07. The Bertz CT molecular complexity index is 531. The molecule has 0 spiro atoms. The first-order valence-corrected chi connectivity index (χ1v) is 6.16. The Kier molecular flexibility index (Phi) is 5.43. The molecule has 0 bridgehead atoms. The van der Waals surface area contributed by atoms with E-state index in [0.717, 1.165) is 0 Å². The number of nitro groups is 1. The highest BCUT2D eigenvalue weighted by molar-refractivity contribution is 9.10. The molecule has 0 fully saturated rings. The van der Waals surface area contributed by atoms with Gasteiger partial charge in [-0.25, -0.2) is 4.79 Å². The molecule has 19 heavy (non-hydrogen) atoms. The van der Waals surface area contributed by atoms with Crippen molar-refractivity contribution in [2.45, 2.75) is 13.8 Å². The lowest BCUT2D eigenvalue weighted by Gasteiger charge is -2.04. The summed E-state index contributed by atoms with van der Waals surface area (Å²) in [6.45, 7) is 3.37. The quantitative estimate of drug-likeness (QED) is 0.388. The Morgan fingerprint density at radius 1 is 1.58 bits per heavy atom. The van der Waals surface area contributed by atoms with E-state index in [2.05, 4.69) is 26.5 Å². The maximum absolute atomic E-state index is 11.3. The molecule has 1 N–H and O–H groups in total. The number of carbonyl (C=O) groups is 1. The van der Waals surface area contributed by atoms with E-state index in [-0.39, 0.29) is 23.7 Å². The number of esters is 1. The lowest BCUT2D eigenvalue weighted by molar-refractivity contribution is -0.384. The third kappa shape index (κ3) is 4.32. The predicted molar refractivity (Wildman–Crippen MR) is 74.2 cm³/mol. The standard InChI is InChI=1S/C11H12BrN3O4/c1-3-19-11(16)7(2)13-14-9-5-4-8(12)6-10(9)15(17)18/h4-6,14H,3H2,1-2H3/b13-7+. The number of ether oxygens (including phenoxy) is 1. The number of hydrogen-bond acceptors (Lipinski definition) is 6. The average molecular weight is 330 g/mol. The Labute approximate surface area is 117 Å². The molecule has 0 saturated carbocycles. The van der Waals surface area contributed by atoms with Crippen LogP contribution in [0.1, 0.15) is 13.8 Å². The highest BCUT2D eigenvalue weighted by Crippen LogP contribution is 2.27. The smallest absolute Gasteiger partial charge is 0.354 e. The topological polar surface area (TPSA) is 93.8 Å². The van der Waals surface area contributed by atoms with Crippen molar-refractivity contribution in [2.24, 2.45) is 5.10 Å². The van der Waals surface area contributed by atoms with Crippen LogP contribution in [0.25, 0.3) is 0 Å². The van der Waals surface area contributed by atoms with E-state index in [1.165, 1.54) is 19.1 Å². The summed E-state index contributed by atoms with van der Waals surface area (Å²) in [6, 6.07) is 4.46. The molecule has 0 unspecified atom stereocenters.